The molecule has 0 radical (unpaired) electrons. The third-order valence-corrected chi connectivity index (χ3v) is 8.33. The van der Waals surface area contributed by atoms with Gasteiger partial charge in [0, 0.05) is 15.1 Å². The Kier molecular flexibility index (Phi) is 6.77. The van der Waals surface area contributed by atoms with E-state index in [4.69, 9.17) is 34.8 Å². The summed E-state index contributed by atoms with van der Waals surface area (Å²) in [7, 11) is 0. The second-order valence-electron chi connectivity index (χ2n) is 9.13. The van der Waals surface area contributed by atoms with Crippen LogP contribution in [0, 0.1) is 20.8 Å². The predicted molar refractivity (Wildman–Crippen MR) is 138 cm³/mol. The third-order valence-electron chi connectivity index (χ3n) is 7.10. The molecule has 1 aliphatic rings. The maximum Gasteiger partial charge on any atom is 0.219 e. The van der Waals surface area contributed by atoms with Crippen molar-refractivity contribution in [3.8, 4) is 0 Å². The average molecular weight is 470 g/mol. The fraction of sp³-hybridized carbons (Fsp3) is 0.333. The Balaban J connectivity index is 1.98. The molecule has 31 heavy (non-hydrogen) atoms. The number of benzene rings is 3. The lowest BCUT2D eigenvalue weighted by Crippen LogP contribution is -2.59. The lowest BCUT2D eigenvalue weighted by atomic mass is 9.23. The molecule has 4 rings (SSSR count). The van der Waals surface area contributed by atoms with E-state index >= 15 is 0 Å². The molecule has 160 valence electrons. The van der Waals surface area contributed by atoms with Crippen LogP contribution >= 0.6 is 34.8 Å². The Labute approximate surface area is 202 Å². The van der Waals surface area contributed by atoms with Crippen molar-refractivity contribution in [3.63, 3.8) is 0 Å². The minimum Gasteiger partial charge on any atom is -0.0841 e. The van der Waals surface area contributed by atoms with E-state index in [2.05, 4.69) is 75.4 Å². The highest BCUT2D eigenvalue weighted by Gasteiger charge is 2.46. The summed E-state index contributed by atoms with van der Waals surface area (Å²) in [4.78, 5) is 0. The van der Waals surface area contributed by atoms with Crippen LogP contribution in [-0.4, -0.2) is 6.71 Å². The molecule has 0 amide bonds. The van der Waals surface area contributed by atoms with E-state index in [1.165, 1.54) is 35.8 Å². The van der Waals surface area contributed by atoms with Crippen molar-refractivity contribution in [2.24, 2.45) is 0 Å². The molecule has 3 aromatic carbocycles. The third kappa shape index (κ3) is 4.43. The molecule has 1 fully saturated rings. The molecule has 0 N–H and O–H groups in total. The molecule has 0 saturated heterocycles. The molecule has 0 aromatic heterocycles. The SMILES string of the molecule is Cc1ccc(B(c2ccc(C)c(Cl)c2)C2(c3ccc(C)c(Cl)c3)CCCCC2)cc1Cl. The van der Waals surface area contributed by atoms with E-state index in [9.17, 15) is 0 Å². The van der Waals surface area contributed by atoms with Crippen molar-refractivity contribution in [2.75, 3.05) is 0 Å². The Hall–Kier alpha value is -1.41. The van der Waals surface area contributed by atoms with Crippen LogP contribution in [0.5, 0.6) is 0 Å². The first-order valence-electron chi connectivity index (χ1n) is 11.1. The summed E-state index contributed by atoms with van der Waals surface area (Å²) < 4.78 is 0. The second kappa shape index (κ2) is 9.22. The normalized spacial score (nSPS) is 15.7. The van der Waals surface area contributed by atoms with Gasteiger partial charge in [-0.1, -0.05) is 101 Å². The first-order valence-corrected chi connectivity index (χ1v) is 12.2. The lowest BCUT2D eigenvalue weighted by Gasteiger charge is -2.43. The number of rotatable bonds is 4. The minimum atomic E-state index is -0.0488. The van der Waals surface area contributed by atoms with Crippen LogP contribution in [0.25, 0.3) is 0 Å². The molecule has 0 unspecified atom stereocenters. The molecule has 1 saturated carbocycles. The van der Waals surface area contributed by atoms with Crippen LogP contribution in [0.2, 0.25) is 15.1 Å². The fourth-order valence-corrected chi connectivity index (χ4v) is 5.80. The Morgan fingerprint density at radius 3 is 1.52 bits per heavy atom. The standard InChI is InChI=1S/C27H28BCl3/c1-18-7-10-21(15-24(18)29)27(13-5-4-6-14-27)28(22-11-8-19(2)25(30)16-22)23-12-9-20(3)26(31)17-23/h7-12,15-17H,4-6,13-14H2,1-3H3. The molecule has 4 heteroatoms. The van der Waals surface area contributed by atoms with Crippen molar-refractivity contribution in [3.05, 3.63) is 91.9 Å². The zero-order valence-electron chi connectivity index (χ0n) is 18.4. The number of hydrogen-bond donors (Lipinski definition) is 0. The van der Waals surface area contributed by atoms with Crippen molar-refractivity contribution < 1.29 is 0 Å². The highest BCUT2D eigenvalue weighted by Crippen LogP contribution is 2.43. The Bertz CT molecular complexity index is 1050. The fourth-order valence-electron chi connectivity index (χ4n) is 5.24. The van der Waals surface area contributed by atoms with Gasteiger partial charge in [0.25, 0.3) is 0 Å². The summed E-state index contributed by atoms with van der Waals surface area (Å²) >= 11 is 19.9. The van der Waals surface area contributed by atoms with Crippen LogP contribution in [-0.2, 0) is 5.31 Å². The van der Waals surface area contributed by atoms with E-state index < -0.39 is 0 Å². The Morgan fingerprint density at radius 1 is 0.613 bits per heavy atom. The molecule has 3 aromatic rings. The second-order valence-corrected chi connectivity index (χ2v) is 10.4. The van der Waals surface area contributed by atoms with Crippen LogP contribution in [0.1, 0.15) is 54.4 Å². The first-order chi connectivity index (χ1) is 14.8. The lowest BCUT2D eigenvalue weighted by molar-refractivity contribution is 0.391. The van der Waals surface area contributed by atoms with E-state index in [1.54, 1.807) is 0 Å². The summed E-state index contributed by atoms with van der Waals surface area (Å²) in [5.74, 6) is 0. The molecule has 0 bridgehead atoms. The quantitative estimate of drug-likeness (QED) is 0.345. The first kappa shape index (κ1) is 22.8. The van der Waals surface area contributed by atoms with E-state index in [1.807, 2.05) is 0 Å². The zero-order chi connectivity index (χ0) is 22.2. The van der Waals surface area contributed by atoms with Crippen molar-refractivity contribution in [1.82, 2.24) is 0 Å². The van der Waals surface area contributed by atoms with Gasteiger partial charge in [0.2, 0.25) is 6.71 Å². The van der Waals surface area contributed by atoms with Gasteiger partial charge in [-0.25, -0.2) is 0 Å². The van der Waals surface area contributed by atoms with Crippen LogP contribution in [0.15, 0.2) is 54.6 Å². The highest BCUT2D eigenvalue weighted by atomic mass is 35.5. The summed E-state index contributed by atoms with van der Waals surface area (Å²) in [6.07, 6.45) is 5.93. The average Bonchev–Trinajstić information content (AvgIpc) is 2.76. The topological polar surface area (TPSA) is 0 Å². The van der Waals surface area contributed by atoms with Crippen molar-refractivity contribution in [2.45, 2.75) is 58.2 Å². The van der Waals surface area contributed by atoms with Gasteiger partial charge in [0.1, 0.15) is 0 Å². The van der Waals surface area contributed by atoms with Gasteiger partial charge in [-0.2, -0.15) is 0 Å². The van der Waals surface area contributed by atoms with Crippen LogP contribution < -0.4 is 10.9 Å². The maximum atomic E-state index is 6.64. The van der Waals surface area contributed by atoms with Crippen LogP contribution in [0.4, 0.5) is 0 Å². The largest absolute Gasteiger partial charge is 0.219 e. The molecule has 0 aliphatic heterocycles. The van der Waals surface area contributed by atoms with Gasteiger partial charge in [0.15, 0.2) is 0 Å². The molecular formula is C27H28BCl3. The maximum absolute atomic E-state index is 6.64. The minimum absolute atomic E-state index is 0.0488. The van der Waals surface area contributed by atoms with Crippen molar-refractivity contribution in [1.29, 1.82) is 0 Å². The summed E-state index contributed by atoms with van der Waals surface area (Å²) in [6.45, 7) is 6.33. The van der Waals surface area contributed by atoms with Gasteiger partial charge in [-0.3, -0.25) is 0 Å². The summed E-state index contributed by atoms with van der Waals surface area (Å²) in [5.41, 5.74) is 7.12. The number of aryl methyl sites for hydroxylation is 3. The molecule has 0 spiro atoms. The van der Waals surface area contributed by atoms with E-state index in [-0.39, 0.29) is 12.0 Å². The van der Waals surface area contributed by atoms with Crippen LogP contribution in [0.3, 0.4) is 0 Å². The molecular weight excluding hydrogens is 441 g/mol. The molecule has 0 atom stereocenters. The summed E-state index contributed by atoms with van der Waals surface area (Å²) in [6, 6.07) is 19.7. The summed E-state index contributed by atoms with van der Waals surface area (Å²) in [5, 5.41) is 2.42. The predicted octanol–water partition coefficient (Wildman–Crippen LogP) is 7.62. The van der Waals surface area contributed by atoms with Gasteiger partial charge < -0.3 is 0 Å². The van der Waals surface area contributed by atoms with E-state index in [0.29, 0.717) is 0 Å². The van der Waals surface area contributed by atoms with Gasteiger partial charge >= 0.3 is 0 Å². The smallest absolute Gasteiger partial charge is 0.0841 e. The molecule has 0 heterocycles. The molecule has 1 aliphatic carbocycles. The van der Waals surface area contributed by atoms with Crippen molar-refractivity contribution >= 4 is 52.4 Å². The van der Waals surface area contributed by atoms with Gasteiger partial charge in [-0.05, 0) is 79.4 Å². The molecule has 0 nitrogen and oxygen atoms in total. The Morgan fingerprint density at radius 2 is 1.06 bits per heavy atom. The van der Waals surface area contributed by atoms with Gasteiger partial charge in [0.05, 0.1) is 0 Å². The number of hydrogen-bond acceptors (Lipinski definition) is 0. The van der Waals surface area contributed by atoms with E-state index in [0.717, 1.165) is 44.6 Å². The number of halogens is 3. The highest BCUT2D eigenvalue weighted by molar-refractivity contribution is 6.87. The zero-order valence-corrected chi connectivity index (χ0v) is 20.7. The monoisotopic (exact) mass is 468 g/mol. The van der Waals surface area contributed by atoms with Gasteiger partial charge in [-0.15, -0.1) is 0 Å².